The number of benzene rings is 1. The van der Waals surface area contributed by atoms with Gasteiger partial charge in [0, 0.05) is 13.5 Å². The van der Waals surface area contributed by atoms with Crippen molar-refractivity contribution in [2.45, 2.75) is 26.3 Å². The second kappa shape index (κ2) is 3.95. The van der Waals surface area contributed by atoms with Crippen LogP contribution in [0.4, 0.5) is 11.4 Å². The van der Waals surface area contributed by atoms with Crippen molar-refractivity contribution in [1.29, 1.82) is 0 Å². The number of methoxy groups -OCH3 is 1. The Balaban J connectivity index is 2.58. The molecule has 0 saturated carbocycles. The van der Waals surface area contributed by atoms with Gasteiger partial charge in [0.25, 0.3) is 0 Å². The van der Waals surface area contributed by atoms with E-state index in [1.807, 2.05) is 36.9 Å². The molecule has 1 heterocycles. The molecule has 0 unspecified atom stereocenters. The smallest absolute Gasteiger partial charge is 0.224 e. The first-order valence-corrected chi connectivity index (χ1v) is 5.69. The van der Waals surface area contributed by atoms with Crippen molar-refractivity contribution in [3.63, 3.8) is 0 Å². The van der Waals surface area contributed by atoms with E-state index in [1.54, 1.807) is 14.0 Å². The Bertz CT molecular complexity index is 455. The van der Waals surface area contributed by atoms with Crippen LogP contribution in [0.25, 0.3) is 0 Å². The number of carbonyl (C=O) groups excluding carboxylic acids is 1. The van der Waals surface area contributed by atoms with E-state index in [0.717, 1.165) is 17.1 Å². The van der Waals surface area contributed by atoms with Gasteiger partial charge in [-0.2, -0.15) is 0 Å². The van der Waals surface area contributed by atoms with Crippen molar-refractivity contribution < 1.29 is 9.53 Å². The maximum atomic E-state index is 11.8. The highest BCUT2D eigenvalue weighted by molar-refractivity contribution is 5.99. The number of ether oxygens (including phenoxy) is 1. The number of para-hydroxylation sites is 1. The summed E-state index contributed by atoms with van der Waals surface area (Å²) in [4.78, 5) is 13.7. The van der Waals surface area contributed by atoms with E-state index >= 15 is 0 Å². The lowest BCUT2D eigenvalue weighted by molar-refractivity contribution is -0.117. The number of hydrogen-bond acceptors (Lipinski definition) is 3. The van der Waals surface area contributed by atoms with Gasteiger partial charge in [0.05, 0.1) is 18.3 Å². The molecule has 4 nitrogen and oxygen atoms in total. The van der Waals surface area contributed by atoms with E-state index in [1.165, 1.54) is 0 Å². The highest BCUT2D eigenvalue weighted by Crippen LogP contribution is 2.41. The lowest BCUT2D eigenvalue weighted by atomic mass is 9.97. The van der Waals surface area contributed by atoms with E-state index in [-0.39, 0.29) is 11.4 Å². The first kappa shape index (κ1) is 11.8. The summed E-state index contributed by atoms with van der Waals surface area (Å²) in [6.45, 7) is 6.39. The van der Waals surface area contributed by atoms with E-state index in [2.05, 4.69) is 5.32 Å². The van der Waals surface area contributed by atoms with Crippen LogP contribution >= 0.6 is 0 Å². The van der Waals surface area contributed by atoms with Crippen molar-refractivity contribution in [2.75, 3.05) is 23.9 Å². The molecule has 0 atom stereocenters. The van der Waals surface area contributed by atoms with Crippen molar-refractivity contribution in [3.05, 3.63) is 18.2 Å². The minimum absolute atomic E-state index is 0.0472. The number of hydrogen-bond donors (Lipinski definition) is 1. The first-order chi connectivity index (χ1) is 7.97. The van der Waals surface area contributed by atoms with Gasteiger partial charge in [-0.3, -0.25) is 4.79 Å². The summed E-state index contributed by atoms with van der Waals surface area (Å²) in [5, 5.41) is 3.34. The van der Waals surface area contributed by atoms with Gasteiger partial charge in [-0.1, -0.05) is 6.07 Å². The molecule has 1 aliphatic rings. The van der Waals surface area contributed by atoms with Crippen molar-refractivity contribution in [3.8, 4) is 5.75 Å². The number of fused-ring (bicyclic) bond motifs is 1. The third-order valence-corrected chi connectivity index (χ3v) is 3.08. The standard InChI is InChI=1S/C13H18N2O2/c1-9(16)15-10-6-5-7-11(17-4)12(10)14-8-13(15,2)3/h5-7,14H,8H2,1-4H3. The Morgan fingerprint density at radius 1 is 1.47 bits per heavy atom. The van der Waals surface area contributed by atoms with Gasteiger partial charge in [-0.15, -0.1) is 0 Å². The second-order valence-electron chi connectivity index (χ2n) is 4.87. The molecule has 1 aliphatic heterocycles. The summed E-state index contributed by atoms with van der Waals surface area (Å²) >= 11 is 0. The second-order valence-corrected chi connectivity index (χ2v) is 4.87. The highest BCUT2D eigenvalue weighted by Gasteiger charge is 2.36. The minimum Gasteiger partial charge on any atom is -0.495 e. The topological polar surface area (TPSA) is 41.6 Å². The molecule has 1 N–H and O–H groups in total. The third kappa shape index (κ3) is 1.84. The largest absolute Gasteiger partial charge is 0.495 e. The van der Waals surface area contributed by atoms with Gasteiger partial charge >= 0.3 is 0 Å². The van der Waals surface area contributed by atoms with Crippen LogP contribution in [0, 0.1) is 0 Å². The summed E-state index contributed by atoms with van der Waals surface area (Å²) in [7, 11) is 1.63. The van der Waals surface area contributed by atoms with E-state index in [0.29, 0.717) is 6.54 Å². The van der Waals surface area contributed by atoms with Gasteiger partial charge < -0.3 is 15.0 Å². The molecule has 0 saturated heterocycles. The summed E-state index contributed by atoms with van der Waals surface area (Å²) in [5.74, 6) is 0.815. The van der Waals surface area contributed by atoms with Crippen LogP contribution < -0.4 is 15.0 Å². The maximum absolute atomic E-state index is 11.8. The molecule has 0 bridgehead atoms. The fraction of sp³-hybridized carbons (Fsp3) is 0.462. The van der Waals surface area contributed by atoms with E-state index in [4.69, 9.17) is 4.74 Å². The minimum atomic E-state index is -0.231. The molecular formula is C13H18N2O2. The molecule has 0 spiro atoms. The molecule has 0 radical (unpaired) electrons. The molecule has 92 valence electrons. The fourth-order valence-electron chi connectivity index (χ4n) is 2.36. The predicted molar refractivity (Wildman–Crippen MR) is 68.7 cm³/mol. The molecule has 4 heteroatoms. The molecule has 0 fully saturated rings. The van der Waals surface area contributed by atoms with Crippen molar-refractivity contribution in [1.82, 2.24) is 0 Å². The van der Waals surface area contributed by atoms with Crippen LogP contribution in [0.5, 0.6) is 5.75 Å². The van der Waals surface area contributed by atoms with Crippen LogP contribution in [0.1, 0.15) is 20.8 Å². The molecular weight excluding hydrogens is 216 g/mol. The molecule has 0 aliphatic carbocycles. The van der Waals surface area contributed by atoms with E-state index in [9.17, 15) is 4.79 Å². The number of carbonyl (C=O) groups is 1. The summed E-state index contributed by atoms with van der Waals surface area (Å²) in [6, 6.07) is 5.73. The zero-order valence-electron chi connectivity index (χ0n) is 10.7. The Morgan fingerprint density at radius 3 is 2.76 bits per heavy atom. The molecule has 2 rings (SSSR count). The fourth-order valence-corrected chi connectivity index (χ4v) is 2.36. The Kier molecular flexibility index (Phi) is 2.73. The number of nitrogens with one attached hydrogen (secondary N) is 1. The average molecular weight is 234 g/mol. The number of rotatable bonds is 1. The zero-order chi connectivity index (χ0) is 12.6. The number of nitrogens with zero attached hydrogens (tertiary/aromatic N) is 1. The quantitative estimate of drug-likeness (QED) is 0.810. The first-order valence-electron chi connectivity index (χ1n) is 5.69. The van der Waals surface area contributed by atoms with Crippen LogP contribution in [0.15, 0.2) is 18.2 Å². The maximum Gasteiger partial charge on any atom is 0.224 e. The van der Waals surface area contributed by atoms with Crippen molar-refractivity contribution in [2.24, 2.45) is 0 Å². The average Bonchev–Trinajstić information content (AvgIpc) is 2.26. The van der Waals surface area contributed by atoms with E-state index < -0.39 is 0 Å². The highest BCUT2D eigenvalue weighted by atomic mass is 16.5. The van der Waals surface area contributed by atoms with Gasteiger partial charge in [-0.25, -0.2) is 0 Å². The lowest BCUT2D eigenvalue weighted by Gasteiger charge is -2.43. The van der Waals surface area contributed by atoms with Gasteiger partial charge in [0.2, 0.25) is 5.91 Å². The van der Waals surface area contributed by atoms with Crippen molar-refractivity contribution >= 4 is 17.3 Å². The Hall–Kier alpha value is -1.71. The Morgan fingerprint density at radius 2 is 2.18 bits per heavy atom. The van der Waals surface area contributed by atoms with Gasteiger partial charge in [-0.05, 0) is 26.0 Å². The summed E-state index contributed by atoms with van der Waals surface area (Å²) < 4.78 is 5.31. The molecule has 1 aromatic carbocycles. The van der Waals surface area contributed by atoms with Crippen LogP contribution in [0.2, 0.25) is 0 Å². The summed E-state index contributed by atoms with van der Waals surface area (Å²) in [5.41, 5.74) is 1.54. The lowest BCUT2D eigenvalue weighted by Crippen LogP contribution is -2.54. The van der Waals surface area contributed by atoms with Crippen LogP contribution in [0.3, 0.4) is 0 Å². The molecule has 17 heavy (non-hydrogen) atoms. The Labute approximate surface area is 102 Å². The SMILES string of the molecule is COc1cccc2c1NCC(C)(C)N2C(C)=O. The number of anilines is 2. The molecule has 1 aromatic rings. The van der Waals surface area contributed by atoms with Gasteiger partial charge in [0.15, 0.2) is 0 Å². The van der Waals surface area contributed by atoms with Gasteiger partial charge in [0.1, 0.15) is 11.4 Å². The predicted octanol–water partition coefficient (Wildman–Crippen LogP) is 2.25. The van der Waals surface area contributed by atoms with Crippen LogP contribution in [-0.4, -0.2) is 25.1 Å². The normalized spacial score (nSPS) is 17.1. The monoisotopic (exact) mass is 234 g/mol. The molecule has 0 aromatic heterocycles. The summed E-state index contributed by atoms with van der Waals surface area (Å²) in [6.07, 6.45) is 0. The zero-order valence-corrected chi connectivity index (χ0v) is 10.7. The molecule has 1 amide bonds. The third-order valence-electron chi connectivity index (χ3n) is 3.08. The number of amides is 1. The van der Waals surface area contributed by atoms with Crippen LogP contribution in [-0.2, 0) is 4.79 Å².